The summed E-state index contributed by atoms with van der Waals surface area (Å²) in [4.78, 5) is 57.1. The number of carboxylic acid groups (broad SMARTS) is 2. The van der Waals surface area contributed by atoms with Crippen molar-refractivity contribution in [2.75, 3.05) is 18.1 Å². The number of amides is 2. The van der Waals surface area contributed by atoms with Crippen molar-refractivity contribution in [1.29, 1.82) is 0 Å². The molecule has 2 amide bonds. The number of carboxylic acids is 2. The van der Waals surface area contributed by atoms with Crippen LogP contribution in [0.2, 0.25) is 0 Å². The summed E-state index contributed by atoms with van der Waals surface area (Å²) in [6, 6.07) is 2.45. The zero-order valence-electron chi connectivity index (χ0n) is 22.9. The molecule has 0 spiro atoms. The van der Waals surface area contributed by atoms with Crippen molar-refractivity contribution >= 4 is 67.8 Å². The van der Waals surface area contributed by atoms with Crippen LogP contribution in [0.25, 0.3) is 0 Å². The highest BCUT2D eigenvalue weighted by molar-refractivity contribution is 8.00. The second kappa shape index (κ2) is 13.4. The van der Waals surface area contributed by atoms with Crippen LogP contribution in [0.4, 0.5) is 5.13 Å². The lowest BCUT2D eigenvalue weighted by atomic mass is 10.0. The molecule has 0 aliphatic carbocycles. The van der Waals surface area contributed by atoms with Gasteiger partial charge in [-0.05, 0) is 37.5 Å². The number of aryl methyl sites for hydroxylation is 3. The van der Waals surface area contributed by atoms with Crippen LogP contribution in [0.1, 0.15) is 22.4 Å². The number of β-lactam (4-membered cyclic amide) rings is 1. The monoisotopic (exact) mass is 653 g/mol. The van der Waals surface area contributed by atoms with Gasteiger partial charge in [0, 0.05) is 11.1 Å². The van der Waals surface area contributed by atoms with Gasteiger partial charge in [-0.15, -0.1) is 23.1 Å². The van der Waals surface area contributed by atoms with Gasteiger partial charge in [-0.2, -0.15) is 8.42 Å². The Morgan fingerprint density at radius 3 is 2.37 bits per heavy atom. The molecule has 1 aromatic carbocycles. The molecular formula is C25H27N5O10S3. The molecule has 0 unspecified atom stereocenters. The van der Waals surface area contributed by atoms with Gasteiger partial charge in [-0.25, -0.2) is 14.6 Å². The molecule has 0 bridgehead atoms. The fourth-order valence-electron chi connectivity index (χ4n) is 4.34. The summed E-state index contributed by atoms with van der Waals surface area (Å²) < 4.78 is 30.8. The molecule has 2 aliphatic rings. The fourth-order valence-corrected chi connectivity index (χ4v) is 7.16. The standard InChI is InChI=1S/C16H15N5O7S2.C9H12O3S/c1-2-6-4-29-14-10(13(25)21(14)11(6)15(26)27)19-12(24)9(20-28-3-8(22)23)7-5-30-16(17)18-7;1-6-4-7(2)9(8(3)5-6)13(10,11)12/h2,5,10,14H,1,3-4H2,(H2,17,18)(H,19,24)(H,22,23)(H,26,27);4-5H,1-3H3,(H,10,11,12)/b20-9-;/t10-,14-;/m1./s1. The minimum Gasteiger partial charge on any atom is -0.479 e. The van der Waals surface area contributed by atoms with Gasteiger partial charge in [0.15, 0.2) is 10.8 Å². The van der Waals surface area contributed by atoms with Gasteiger partial charge in [0.25, 0.3) is 21.9 Å². The Labute approximate surface area is 253 Å². The number of thioether (sulfide) groups is 1. The number of nitrogens with zero attached hydrogens (tertiary/aromatic N) is 3. The third-order valence-electron chi connectivity index (χ3n) is 5.92. The number of thiazole rings is 1. The number of carbonyl (C=O) groups is 4. The van der Waals surface area contributed by atoms with Crippen molar-refractivity contribution in [3.63, 3.8) is 0 Å². The quantitative estimate of drug-likeness (QED) is 0.111. The number of aromatic nitrogens is 1. The molecule has 6 N–H and O–H groups in total. The molecule has 2 aliphatic heterocycles. The number of carbonyl (C=O) groups excluding carboxylic acids is 2. The molecule has 1 aromatic heterocycles. The highest BCUT2D eigenvalue weighted by atomic mass is 32.2. The van der Waals surface area contributed by atoms with E-state index < -0.39 is 51.9 Å². The number of hydrogen-bond acceptors (Lipinski definition) is 12. The summed E-state index contributed by atoms with van der Waals surface area (Å²) in [5.74, 6) is -3.72. The van der Waals surface area contributed by atoms with E-state index in [0.717, 1.165) is 21.8 Å². The van der Waals surface area contributed by atoms with Gasteiger partial charge >= 0.3 is 11.9 Å². The van der Waals surface area contributed by atoms with Crippen LogP contribution in [-0.2, 0) is 34.1 Å². The molecule has 1 fully saturated rings. The van der Waals surface area contributed by atoms with Crippen LogP contribution in [0.3, 0.4) is 0 Å². The Kier molecular flexibility index (Phi) is 10.3. The number of nitrogen functional groups attached to an aromatic ring is 1. The average molecular weight is 654 g/mol. The predicted octanol–water partition coefficient (Wildman–Crippen LogP) is 1.31. The second-order valence-corrected chi connectivity index (χ2v) is 12.5. The summed E-state index contributed by atoms with van der Waals surface area (Å²) >= 11 is 2.30. The van der Waals surface area contributed by atoms with Crippen molar-refractivity contribution < 1.29 is 47.2 Å². The van der Waals surface area contributed by atoms with Crippen LogP contribution in [0.15, 0.2) is 51.5 Å². The molecule has 2 aromatic rings. The number of aliphatic carboxylic acids is 2. The maximum atomic E-state index is 12.7. The van der Waals surface area contributed by atoms with Crippen LogP contribution >= 0.6 is 23.1 Å². The van der Waals surface area contributed by atoms with Crippen LogP contribution in [-0.4, -0.2) is 86.3 Å². The lowest BCUT2D eigenvalue weighted by Crippen LogP contribution is -2.71. The lowest BCUT2D eigenvalue weighted by molar-refractivity contribution is -0.150. The third kappa shape index (κ3) is 7.58. The third-order valence-corrected chi connectivity index (χ3v) is 9.06. The molecule has 43 heavy (non-hydrogen) atoms. The number of nitrogens with one attached hydrogen (secondary N) is 1. The highest BCUT2D eigenvalue weighted by Crippen LogP contribution is 2.40. The Balaban J connectivity index is 0.000000326. The molecule has 15 nitrogen and oxygen atoms in total. The minimum absolute atomic E-state index is 0.0260. The average Bonchev–Trinajstić information content (AvgIpc) is 3.32. The Hall–Kier alpha value is -4.26. The van der Waals surface area contributed by atoms with E-state index in [-0.39, 0.29) is 27.1 Å². The number of nitrogens with two attached hydrogens (primary N) is 1. The number of hydrogen-bond donors (Lipinski definition) is 5. The van der Waals surface area contributed by atoms with Crippen molar-refractivity contribution in [3.05, 3.63) is 63.8 Å². The number of oxime groups is 1. The molecule has 0 saturated carbocycles. The van der Waals surface area contributed by atoms with Crippen LogP contribution in [0.5, 0.6) is 0 Å². The Morgan fingerprint density at radius 2 is 1.88 bits per heavy atom. The van der Waals surface area contributed by atoms with Crippen molar-refractivity contribution in [2.45, 2.75) is 37.1 Å². The Bertz CT molecular complexity index is 1640. The number of fused-ring (bicyclic) bond motifs is 1. The van der Waals surface area contributed by atoms with E-state index in [9.17, 15) is 32.7 Å². The molecule has 0 radical (unpaired) electrons. The lowest BCUT2D eigenvalue weighted by Gasteiger charge is -2.49. The fraction of sp³-hybridized carbons (Fsp3) is 0.280. The molecule has 1 saturated heterocycles. The van der Waals surface area contributed by atoms with E-state index in [1.54, 1.807) is 26.0 Å². The number of allylic oxidation sites excluding steroid dienone is 1. The number of anilines is 1. The topological polar surface area (TPSA) is 239 Å². The van der Waals surface area contributed by atoms with Gasteiger partial charge in [0.1, 0.15) is 22.8 Å². The molecule has 3 heterocycles. The number of benzene rings is 1. The summed E-state index contributed by atoms with van der Waals surface area (Å²) in [5, 5.41) is 25.0. The van der Waals surface area contributed by atoms with E-state index in [1.165, 1.54) is 23.2 Å². The van der Waals surface area contributed by atoms with E-state index in [1.807, 2.05) is 6.92 Å². The SMILES string of the molecule is C=CC1=C(C(=O)O)N2C(=O)[C@@H](NC(=O)/C(=N\OCC(=O)O)c3csc(N)n3)[C@H]2SC1.Cc1cc(C)c(S(=O)(=O)O)c(C)c1. The van der Waals surface area contributed by atoms with Gasteiger partial charge in [-0.1, -0.05) is 35.5 Å². The van der Waals surface area contributed by atoms with Gasteiger partial charge in [-0.3, -0.25) is 19.0 Å². The van der Waals surface area contributed by atoms with E-state index in [2.05, 4.69) is 26.9 Å². The maximum Gasteiger partial charge on any atom is 0.352 e. The molecule has 2 atom stereocenters. The molecule has 18 heteroatoms. The van der Waals surface area contributed by atoms with Gasteiger partial charge in [0.05, 0.1) is 4.90 Å². The summed E-state index contributed by atoms with van der Waals surface area (Å²) in [5.41, 5.74) is 7.63. The van der Waals surface area contributed by atoms with E-state index >= 15 is 0 Å². The van der Waals surface area contributed by atoms with Crippen LogP contribution < -0.4 is 11.1 Å². The second-order valence-electron chi connectivity index (χ2n) is 9.13. The largest absolute Gasteiger partial charge is 0.479 e. The normalized spacial score (nSPS) is 18.1. The smallest absolute Gasteiger partial charge is 0.352 e. The number of rotatable bonds is 9. The first-order valence-corrected chi connectivity index (χ1v) is 15.5. The predicted molar refractivity (Wildman–Crippen MR) is 157 cm³/mol. The van der Waals surface area contributed by atoms with Crippen molar-refractivity contribution in [2.24, 2.45) is 5.16 Å². The van der Waals surface area contributed by atoms with Gasteiger partial charge in [0.2, 0.25) is 6.61 Å². The van der Waals surface area contributed by atoms with Gasteiger partial charge < -0.3 is 26.1 Å². The van der Waals surface area contributed by atoms with Crippen molar-refractivity contribution in [1.82, 2.24) is 15.2 Å². The first kappa shape index (κ1) is 33.2. The summed E-state index contributed by atoms with van der Waals surface area (Å²) in [7, 11) is -4.08. The zero-order valence-corrected chi connectivity index (χ0v) is 25.4. The first-order valence-electron chi connectivity index (χ1n) is 12.1. The molecule has 4 rings (SSSR count). The van der Waals surface area contributed by atoms with Crippen molar-refractivity contribution in [3.8, 4) is 0 Å². The Morgan fingerprint density at radius 1 is 1.26 bits per heavy atom. The van der Waals surface area contributed by atoms with E-state index in [0.29, 0.717) is 22.5 Å². The first-order chi connectivity index (χ1) is 20.1. The van der Waals surface area contributed by atoms with E-state index in [4.69, 9.17) is 15.4 Å². The maximum absolute atomic E-state index is 12.7. The zero-order chi connectivity index (χ0) is 32.2. The summed E-state index contributed by atoms with van der Waals surface area (Å²) in [6.45, 7) is 8.00. The summed E-state index contributed by atoms with van der Waals surface area (Å²) in [6.07, 6.45) is 1.38. The molecular weight excluding hydrogens is 627 g/mol. The minimum atomic E-state index is -4.08. The highest BCUT2D eigenvalue weighted by Gasteiger charge is 2.54. The molecule has 230 valence electrons. The van der Waals surface area contributed by atoms with Crippen LogP contribution in [0, 0.1) is 20.8 Å².